The van der Waals surface area contributed by atoms with Gasteiger partial charge in [0.2, 0.25) is 5.91 Å². The van der Waals surface area contributed by atoms with E-state index in [0.717, 1.165) is 19.4 Å². The van der Waals surface area contributed by atoms with E-state index >= 15 is 0 Å². The number of carboxylic acids is 1. The molecule has 1 aliphatic rings. The van der Waals surface area contributed by atoms with Crippen LogP contribution in [-0.2, 0) is 4.79 Å². The van der Waals surface area contributed by atoms with Crippen molar-refractivity contribution in [3.8, 4) is 0 Å². The van der Waals surface area contributed by atoms with E-state index in [1.807, 2.05) is 6.92 Å². The first kappa shape index (κ1) is 15.0. The van der Waals surface area contributed by atoms with Gasteiger partial charge in [-0.3, -0.25) is 4.79 Å². The summed E-state index contributed by atoms with van der Waals surface area (Å²) in [7, 11) is 0. The maximum absolute atomic E-state index is 12.4. The van der Waals surface area contributed by atoms with Crippen molar-refractivity contribution in [3.63, 3.8) is 0 Å². The number of rotatable bonds is 3. The SMILES string of the molecule is CC1(C(=O)Nc2ccc(C(=O)O)cc2Br)CCCNC1. The van der Waals surface area contributed by atoms with Gasteiger partial charge in [-0.2, -0.15) is 0 Å². The lowest BCUT2D eigenvalue weighted by atomic mass is 9.82. The van der Waals surface area contributed by atoms with Crippen molar-refractivity contribution in [3.05, 3.63) is 28.2 Å². The topological polar surface area (TPSA) is 78.4 Å². The Bertz CT molecular complexity index is 539. The number of anilines is 1. The third-order valence-electron chi connectivity index (χ3n) is 3.61. The smallest absolute Gasteiger partial charge is 0.335 e. The summed E-state index contributed by atoms with van der Waals surface area (Å²) in [5.41, 5.74) is 0.343. The van der Waals surface area contributed by atoms with Crippen LogP contribution in [-0.4, -0.2) is 30.1 Å². The summed E-state index contributed by atoms with van der Waals surface area (Å²) in [4.78, 5) is 23.2. The minimum atomic E-state index is -0.994. The number of benzene rings is 1. The molecule has 1 atom stereocenters. The van der Waals surface area contributed by atoms with Gasteiger partial charge in [0, 0.05) is 11.0 Å². The Balaban J connectivity index is 2.13. The van der Waals surface area contributed by atoms with Crippen LogP contribution in [0.3, 0.4) is 0 Å². The third-order valence-corrected chi connectivity index (χ3v) is 4.27. The first-order chi connectivity index (χ1) is 9.42. The van der Waals surface area contributed by atoms with Crippen LogP contribution in [0.2, 0.25) is 0 Å². The normalized spacial score (nSPS) is 22.3. The maximum atomic E-state index is 12.4. The van der Waals surface area contributed by atoms with Crippen LogP contribution in [0.25, 0.3) is 0 Å². The Kier molecular flexibility index (Phi) is 4.45. The number of aromatic carboxylic acids is 1. The minimum absolute atomic E-state index is 0.0477. The average molecular weight is 341 g/mol. The zero-order valence-corrected chi connectivity index (χ0v) is 12.8. The lowest BCUT2D eigenvalue weighted by Crippen LogP contribution is -2.46. The van der Waals surface area contributed by atoms with Gasteiger partial charge in [0.05, 0.1) is 16.7 Å². The second-order valence-corrected chi connectivity index (χ2v) is 6.15. The monoisotopic (exact) mass is 340 g/mol. The molecule has 1 aliphatic heterocycles. The molecule has 0 spiro atoms. The fourth-order valence-corrected chi connectivity index (χ4v) is 2.75. The van der Waals surface area contributed by atoms with E-state index in [-0.39, 0.29) is 11.5 Å². The Morgan fingerprint density at radius 1 is 1.45 bits per heavy atom. The van der Waals surface area contributed by atoms with Crippen LogP contribution < -0.4 is 10.6 Å². The zero-order valence-electron chi connectivity index (χ0n) is 11.2. The van der Waals surface area contributed by atoms with Gasteiger partial charge in [-0.1, -0.05) is 0 Å². The number of hydrogen-bond acceptors (Lipinski definition) is 3. The summed E-state index contributed by atoms with van der Waals surface area (Å²) in [5.74, 6) is -1.04. The Morgan fingerprint density at radius 2 is 2.20 bits per heavy atom. The quantitative estimate of drug-likeness (QED) is 0.789. The summed E-state index contributed by atoms with van der Waals surface area (Å²) < 4.78 is 0.568. The third kappa shape index (κ3) is 3.19. The summed E-state index contributed by atoms with van der Waals surface area (Å²) in [6.07, 6.45) is 1.82. The van der Waals surface area contributed by atoms with Crippen LogP contribution in [0, 0.1) is 5.41 Å². The maximum Gasteiger partial charge on any atom is 0.335 e. The molecule has 1 heterocycles. The lowest BCUT2D eigenvalue weighted by molar-refractivity contribution is -0.125. The predicted molar refractivity (Wildman–Crippen MR) is 79.9 cm³/mol. The molecule has 1 aromatic carbocycles. The highest BCUT2D eigenvalue weighted by molar-refractivity contribution is 9.10. The number of carbonyl (C=O) groups is 2. The fraction of sp³-hybridized carbons (Fsp3) is 0.429. The van der Waals surface area contributed by atoms with Crippen LogP contribution in [0.5, 0.6) is 0 Å². The van der Waals surface area contributed by atoms with Gasteiger partial charge in [0.1, 0.15) is 0 Å². The molecule has 108 valence electrons. The molecule has 6 heteroatoms. The van der Waals surface area contributed by atoms with Crippen molar-refractivity contribution >= 4 is 33.5 Å². The van der Waals surface area contributed by atoms with Crippen LogP contribution in [0.1, 0.15) is 30.1 Å². The molecule has 1 amide bonds. The Hall–Kier alpha value is -1.40. The summed E-state index contributed by atoms with van der Waals surface area (Å²) in [5, 5.41) is 15.0. The lowest BCUT2D eigenvalue weighted by Gasteiger charge is -2.32. The summed E-state index contributed by atoms with van der Waals surface area (Å²) in [6.45, 7) is 3.54. The molecule has 3 N–H and O–H groups in total. The largest absolute Gasteiger partial charge is 0.478 e. The van der Waals surface area contributed by atoms with Crippen LogP contribution >= 0.6 is 15.9 Å². The van der Waals surface area contributed by atoms with E-state index in [2.05, 4.69) is 26.6 Å². The van der Waals surface area contributed by atoms with Crippen molar-refractivity contribution in [1.82, 2.24) is 5.32 Å². The molecule has 0 radical (unpaired) electrons. The molecule has 5 nitrogen and oxygen atoms in total. The van der Waals surface area contributed by atoms with Gasteiger partial charge in [-0.05, 0) is 60.4 Å². The molecule has 1 fully saturated rings. The van der Waals surface area contributed by atoms with Crippen molar-refractivity contribution in [2.24, 2.45) is 5.41 Å². The summed E-state index contributed by atoms with van der Waals surface area (Å²) in [6, 6.07) is 4.56. The predicted octanol–water partition coefficient (Wildman–Crippen LogP) is 2.48. The molecule has 2 rings (SSSR count). The molecule has 1 saturated heterocycles. The highest BCUT2D eigenvalue weighted by atomic mass is 79.9. The van der Waals surface area contributed by atoms with Crippen LogP contribution in [0.4, 0.5) is 5.69 Å². The minimum Gasteiger partial charge on any atom is -0.478 e. The number of carboxylic acid groups (broad SMARTS) is 1. The first-order valence-electron chi connectivity index (χ1n) is 6.47. The molecule has 0 bridgehead atoms. The second-order valence-electron chi connectivity index (χ2n) is 5.29. The molecule has 0 aliphatic carbocycles. The van der Waals surface area contributed by atoms with Crippen molar-refractivity contribution in [2.45, 2.75) is 19.8 Å². The van der Waals surface area contributed by atoms with Crippen molar-refractivity contribution < 1.29 is 14.7 Å². The highest BCUT2D eigenvalue weighted by Gasteiger charge is 2.34. The number of carbonyl (C=O) groups excluding carboxylic acids is 1. The summed E-state index contributed by atoms with van der Waals surface area (Å²) >= 11 is 3.29. The zero-order chi connectivity index (χ0) is 14.8. The molecule has 20 heavy (non-hydrogen) atoms. The van der Waals surface area contributed by atoms with Gasteiger partial charge >= 0.3 is 5.97 Å². The number of piperidine rings is 1. The van der Waals surface area contributed by atoms with Gasteiger partial charge in [-0.15, -0.1) is 0 Å². The number of hydrogen-bond donors (Lipinski definition) is 3. The van der Waals surface area contributed by atoms with Gasteiger partial charge in [0.15, 0.2) is 0 Å². The molecular weight excluding hydrogens is 324 g/mol. The van der Waals surface area contributed by atoms with E-state index in [9.17, 15) is 9.59 Å². The van der Waals surface area contributed by atoms with E-state index in [4.69, 9.17) is 5.11 Å². The van der Waals surface area contributed by atoms with E-state index < -0.39 is 11.4 Å². The molecule has 0 aromatic heterocycles. The van der Waals surface area contributed by atoms with E-state index in [0.29, 0.717) is 16.7 Å². The fourth-order valence-electron chi connectivity index (χ4n) is 2.27. The molecule has 1 unspecified atom stereocenters. The number of amides is 1. The second kappa shape index (κ2) is 5.93. The first-order valence-corrected chi connectivity index (χ1v) is 7.27. The van der Waals surface area contributed by atoms with E-state index in [1.54, 1.807) is 6.07 Å². The Morgan fingerprint density at radius 3 is 2.75 bits per heavy atom. The standard InChI is InChI=1S/C14H17BrN2O3/c1-14(5-2-6-16-8-14)13(20)17-11-4-3-9(12(18)19)7-10(11)15/h3-4,7,16H,2,5-6,8H2,1H3,(H,17,20)(H,18,19). The molecular formula is C14H17BrN2O3. The Labute approximate surface area is 125 Å². The highest BCUT2D eigenvalue weighted by Crippen LogP contribution is 2.30. The average Bonchev–Trinajstić information content (AvgIpc) is 2.41. The van der Waals surface area contributed by atoms with Gasteiger partial charge < -0.3 is 15.7 Å². The van der Waals surface area contributed by atoms with Crippen molar-refractivity contribution in [2.75, 3.05) is 18.4 Å². The number of halogens is 1. The number of nitrogens with one attached hydrogen (secondary N) is 2. The molecule has 0 saturated carbocycles. The van der Waals surface area contributed by atoms with Gasteiger partial charge in [0.25, 0.3) is 0 Å². The van der Waals surface area contributed by atoms with Crippen LogP contribution in [0.15, 0.2) is 22.7 Å². The van der Waals surface area contributed by atoms with Crippen molar-refractivity contribution in [1.29, 1.82) is 0 Å². The molecule has 1 aromatic rings. The van der Waals surface area contributed by atoms with Gasteiger partial charge in [-0.25, -0.2) is 4.79 Å². The van der Waals surface area contributed by atoms with E-state index in [1.165, 1.54) is 12.1 Å².